The summed E-state index contributed by atoms with van der Waals surface area (Å²) in [6.07, 6.45) is 0. The van der Waals surface area contributed by atoms with E-state index < -0.39 is 0 Å². The third kappa shape index (κ3) is 24.5. The Labute approximate surface area is 71.9 Å². The summed E-state index contributed by atoms with van der Waals surface area (Å²) >= 11 is 2.00. The van der Waals surface area contributed by atoms with Crippen LogP contribution in [0.2, 0.25) is 0 Å². The van der Waals surface area contributed by atoms with E-state index in [1.54, 1.807) is 0 Å². The normalized spacial score (nSPS) is 1.00. The van der Waals surface area contributed by atoms with Crippen molar-refractivity contribution in [3.63, 3.8) is 0 Å². The van der Waals surface area contributed by atoms with E-state index in [2.05, 4.69) is 0 Å². The third-order valence-corrected chi connectivity index (χ3v) is 0. The first-order valence-corrected chi connectivity index (χ1v) is 0.595. The van der Waals surface area contributed by atoms with E-state index in [0.29, 0.717) is 0 Å². The molecule has 2 radical (unpaired) electrons. The molecule has 0 aromatic rings. The Morgan fingerprint density at radius 1 is 1.20 bits per heavy atom. The predicted octanol–water partition coefficient (Wildman–Crippen LogP) is -0.775. The minimum atomic E-state index is 0. The monoisotopic (exact) mass is 194 g/mol. The molecule has 0 aliphatic heterocycles. The third-order valence-electron chi connectivity index (χ3n) is 0. The Kier molecular flexibility index (Phi) is 218. The fraction of sp³-hybridized carbons (Fsp3) is 0. The van der Waals surface area contributed by atoms with Crippen LogP contribution in [0.1, 0.15) is 0 Å². The SMILES string of the molecule is [Co].[LiH].[Mn].[O]=[Fe]. The van der Waals surface area contributed by atoms with E-state index in [1.165, 1.54) is 0 Å². The molecule has 0 rings (SSSR count). The van der Waals surface area contributed by atoms with Gasteiger partial charge in [0.2, 0.25) is 0 Å². The molecule has 0 amide bonds. The first-order valence-electron chi connectivity index (χ1n) is 0.144. The topological polar surface area (TPSA) is 17.1 Å². The van der Waals surface area contributed by atoms with Crippen molar-refractivity contribution >= 4 is 18.9 Å². The zero-order valence-corrected chi connectivity index (χ0v) is 4.80. The number of rotatable bonds is 0. The van der Waals surface area contributed by atoms with Gasteiger partial charge in [0.25, 0.3) is 0 Å². The molecule has 1 nitrogen and oxygen atoms in total. The summed E-state index contributed by atoms with van der Waals surface area (Å²) in [4.78, 5) is 0. The van der Waals surface area contributed by atoms with Crippen molar-refractivity contribution in [2.75, 3.05) is 0 Å². The molecule has 0 aliphatic carbocycles. The molecule has 0 bridgehead atoms. The van der Waals surface area contributed by atoms with E-state index in [1.807, 2.05) is 15.9 Å². The summed E-state index contributed by atoms with van der Waals surface area (Å²) in [5, 5.41) is 0. The van der Waals surface area contributed by atoms with Crippen LogP contribution in [0.4, 0.5) is 0 Å². The molecule has 5 heteroatoms. The first kappa shape index (κ1) is 28.3. The van der Waals surface area contributed by atoms with Crippen LogP contribution >= 0.6 is 0 Å². The van der Waals surface area contributed by atoms with E-state index in [4.69, 9.17) is 3.83 Å². The summed E-state index contributed by atoms with van der Waals surface area (Å²) in [5.74, 6) is 0. The second-order valence-electron chi connectivity index (χ2n) is 0. The summed E-state index contributed by atoms with van der Waals surface area (Å²) < 4.78 is 8.00. The maximum absolute atomic E-state index is 8.00. The van der Waals surface area contributed by atoms with Crippen molar-refractivity contribution in [3.05, 3.63) is 0 Å². The first-order chi connectivity index (χ1) is 1.00. The van der Waals surface area contributed by atoms with Gasteiger partial charge >= 0.3 is 38.6 Å². The van der Waals surface area contributed by atoms with Crippen LogP contribution in [-0.2, 0) is 53.6 Å². The quantitative estimate of drug-likeness (QED) is 0.462. The molecule has 32 valence electrons. The fourth-order valence-electron chi connectivity index (χ4n) is 0. The molecule has 0 atom stereocenters. The Hall–Kier alpha value is 1.94. The van der Waals surface area contributed by atoms with Gasteiger partial charge in [-0.3, -0.25) is 0 Å². The molecule has 0 aliphatic rings. The van der Waals surface area contributed by atoms with Crippen LogP contribution in [0.3, 0.4) is 0 Å². The van der Waals surface area contributed by atoms with Gasteiger partial charge in [0.05, 0.1) is 0 Å². The van der Waals surface area contributed by atoms with Gasteiger partial charge in [-0.15, -0.1) is 0 Å². The molecule has 0 spiro atoms. The van der Waals surface area contributed by atoms with Crippen LogP contribution in [0.5, 0.6) is 0 Å². The second-order valence-corrected chi connectivity index (χ2v) is 0. The van der Waals surface area contributed by atoms with Crippen LogP contribution in [0, 0.1) is 0 Å². The van der Waals surface area contributed by atoms with Gasteiger partial charge in [0, 0.05) is 33.8 Å². The molecular weight excluding hydrogens is 193 g/mol. The summed E-state index contributed by atoms with van der Waals surface area (Å²) in [7, 11) is 0. The number of hydrogen-bond donors (Lipinski definition) is 0. The average Bonchev–Trinajstić information content (AvgIpc) is 1.00. The second kappa shape index (κ2) is 38.5. The van der Waals surface area contributed by atoms with E-state index in [-0.39, 0.29) is 52.7 Å². The van der Waals surface area contributed by atoms with Gasteiger partial charge < -0.3 is 0 Å². The Morgan fingerprint density at radius 3 is 1.20 bits per heavy atom. The van der Waals surface area contributed by atoms with Crippen molar-refractivity contribution in [1.82, 2.24) is 0 Å². The minimum absolute atomic E-state index is 0. The molecule has 5 heavy (non-hydrogen) atoms. The molecule has 0 aromatic heterocycles. The van der Waals surface area contributed by atoms with Gasteiger partial charge in [-0.2, -0.15) is 0 Å². The molecule has 0 aromatic carbocycles. The van der Waals surface area contributed by atoms with Crippen molar-refractivity contribution in [3.8, 4) is 0 Å². The summed E-state index contributed by atoms with van der Waals surface area (Å²) in [6.45, 7) is 0. The van der Waals surface area contributed by atoms with E-state index in [0.717, 1.165) is 0 Å². The molecule has 0 N–H and O–H groups in total. The predicted molar refractivity (Wildman–Crippen MR) is 7.84 cm³/mol. The summed E-state index contributed by atoms with van der Waals surface area (Å²) in [6, 6.07) is 0. The van der Waals surface area contributed by atoms with Crippen molar-refractivity contribution < 1.29 is 53.6 Å². The fourth-order valence-corrected chi connectivity index (χ4v) is 0. The maximum atomic E-state index is 8.00. The van der Waals surface area contributed by atoms with Gasteiger partial charge in [-0.1, -0.05) is 0 Å². The van der Waals surface area contributed by atoms with Crippen molar-refractivity contribution in [2.45, 2.75) is 0 Å². The van der Waals surface area contributed by atoms with Gasteiger partial charge in [-0.05, 0) is 0 Å². The van der Waals surface area contributed by atoms with Gasteiger partial charge in [-0.25, -0.2) is 0 Å². The van der Waals surface area contributed by atoms with Crippen LogP contribution < -0.4 is 0 Å². The van der Waals surface area contributed by atoms with Crippen LogP contribution in [0.15, 0.2) is 0 Å². The Morgan fingerprint density at radius 2 is 1.20 bits per heavy atom. The molecule has 0 heterocycles. The molecule has 0 saturated heterocycles. The molecule has 0 unspecified atom stereocenters. The van der Waals surface area contributed by atoms with Crippen LogP contribution in [0.25, 0.3) is 0 Å². The molecule has 0 fully saturated rings. The van der Waals surface area contributed by atoms with E-state index in [9.17, 15) is 0 Å². The summed E-state index contributed by atoms with van der Waals surface area (Å²) in [5.41, 5.74) is 0. The van der Waals surface area contributed by atoms with Gasteiger partial charge in [0.15, 0.2) is 0 Å². The Bertz CT molecular complexity index is 11.6. The standard InChI is InChI=1S/Co.Fe.Li.Mn.O.H. The molecule has 0 saturated carbocycles. The zero-order chi connectivity index (χ0) is 2.00. The van der Waals surface area contributed by atoms with Crippen molar-refractivity contribution in [2.24, 2.45) is 0 Å². The Balaban J connectivity index is -0.00000000167. The average molecular weight is 194 g/mol. The number of hydrogen-bond acceptors (Lipinski definition) is 1. The van der Waals surface area contributed by atoms with Crippen molar-refractivity contribution in [1.29, 1.82) is 0 Å². The van der Waals surface area contributed by atoms with Gasteiger partial charge in [0.1, 0.15) is 0 Å². The van der Waals surface area contributed by atoms with Crippen LogP contribution in [-0.4, -0.2) is 18.9 Å². The molecular formula is HCoFeLiMnO. The van der Waals surface area contributed by atoms with E-state index >= 15 is 0 Å². The zero-order valence-electron chi connectivity index (χ0n) is 1.47.